The molecule has 12 nitrogen and oxygen atoms in total. The number of amides is 1. The van der Waals surface area contributed by atoms with Gasteiger partial charge in [-0.05, 0) is 39.2 Å². The van der Waals surface area contributed by atoms with Crippen LogP contribution in [-0.2, 0) is 14.4 Å². The third kappa shape index (κ3) is 7.79. The number of carboxylic acids is 1. The molecular formula is C27H37N7O5. The van der Waals surface area contributed by atoms with E-state index >= 15 is 0 Å². The maximum atomic E-state index is 13.3. The Morgan fingerprint density at radius 1 is 1.26 bits per heavy atom. The van der Waals surface area contributed by atoms with Crippen LogP contribution in [0.2, 0.25) is 0 Å². The van der Waals surface area contributed by atoms with Crippen molar-refractivity contribution in [2.45, 2.75) is 58.0 Å². The summed E-state index contributed by atoms with van der Waals surface area (Å²) >= 11 is 0. The Balaban J connectivity index is 1.72. The van der Waals surface area contributed by atoms with E-state index in [1.165, 1.54) is 23.9 Å². The summed E-state index contributed by atoms with van der Waals surface area (Å²) in [7, 11) is 0. The number of carbonyl (C=O) groups excluding carboxylic acids is 2. The number of hydrogen-bond donors (Lipinski definition) is 5. The number of aliphatic carboxylic acids is 1. The van der Waals surface area contributed by atoms with Crippen molar-refractivity contribution in [2.75, 3.05) is 31.5 Å². The Kier molecular flexibility index (Phi) is 10.0. The molecule has 0 saturated carbocycles. The van der Waals surface area contributed by atoms with Crippen LogP contribution in [0.5, 0.6) is 0 Å². The van der Waals surface area contributed by atoms with Crippen molar-refractivity contribution in [3.05, 3.63) is 47.1 Å². The Labute approximate surface area is 227 Å². The van der Waals surface area contributed by atoms with Gasteiger partial charge in [-0.3, -0.25) is 28.6 Å². The van der Waals surface area contributed by atoms with Gasteiger partial charge in [-0.2, -0.15) is 0 Å². The Morgan fingerprint density at radius 2 is 2.03 bits per heavy atom. The van der Waals surface area contributed by atoms with Gasteiger partial charge < -0.3 is 26.6 Å². The molecule has 5 N–H and O–H groups in total. The molecule has 2 heterocycles. The van der Waals surface area contributed by atoms with Crippen LogP contribution in [0.1, 0.15) is 52.0 Å². The molecule has 3 rings (SSSR count). The lowest BCUT2D eigenvalue weighted by Gasteiger charge is -2.41. The van der Waals surface area contributed by atoms with Crippen molar-refractivity contribution >= 4 is 34.9 Å². The summed E-state index contributed by atoms with van der Waals surface area (Å²) in [6.07, 6.45) is 13.5. The fraction of sp³-hybridized carbons (Fsp3) is 0.519. The second kappa shape index (κ2) is 13.2. The Hall–Kier alpha value is -3.93. The molecule has 1 aromatic heterocycles. The second-order valence-corrected chi connectivity index (χ2v) is 10.2. The predicted molar refractivity (Wildman–Crippen MR) is 148 cm³/mol. The minimum absolute atomic E-state index is 0.0120. The molecule has 0 aromatic carbocycles. The van der Waals surface area contributed by atoms with E-state index < -0.39 is 41.7 Å². The van der Waals surface area contributed by atoms with Crippen LogP contribution >= 0.6 is 0 Å². The van der Waals surface area contributed by atoms with E-state index in [-0.39, 0.29) is 42.2 Å². The minimum atomic E-state index is -1.24. The number of allylic oxidation sites excluding steroid dienone is 3. The van der Waals surface area contributed by atoms with Crippen LogP contribution in [0, 0.1) is 16.2 Å². The zero-order chi connectivity index (χ0) is 28.6. The highest BCUT2D eigenvalue weighted by Crippen LogP contribution is 2.37. The fourth-order valence-electron chi connectivity index (χ4n) is 5.03. The summed E-state index contributed by atoms with van der Waals surface area (Å²) in [6, 6.07) is -2.25. The molecule has 12 heteroatoms. The average Bonchev–Trinajstić information content (AvgIpc) is 2.89. The van der Waals surface area contributed by atoms with Gasteiger partial charge in [0.15, 0.2) is 11.6 Å². The molecule has 1 saturated heterocycles. The maximum Gasteiger partial charge on any atom is 0.305 e. The van der Waals surface area contributed by atoms with Gasteiger partial charge in [-0.1, -0.05) is 31.2 Å². The highest BCUT2D eigenvalue weighted by Gasteiger charge is 2.35. The number of carboxylic acid groups (broad SMARTS) is 1. The van der Waals surface area contributed by atoms with Gasteiger partial charge in [0.05, 0.1) is 37.0 Å². The molecular weight excluding hydrogens is 502 g/mol. The first-order chi connectivity index (χ1) is 18.5. The third-order valence-corrected chi connectivity index (χ3v) is 7.15. The number of hydrogen-bond acceptors (Lipinski definition) is 9. The molecule has 1 spiro atoms. The van der Waals surface area contributed by atoms with Crippen LogP contribution in [0.15, 0.2) is 41.5 Å². The fourth-order valence-corrected chi connectivity index (χ4v) is 5.03. The van der Waals surface area contributed by atoms with Gasteiger partial charge in [0.25, 0.3) is 5.56 Å². The quantitative estimate of drug-likeness (QED) is 0.235. The molecule has 3 atom stereocenters. The summed E-state index contributed by atoms with van der Waals surface area (Å²) < 4.78 is 1.17. The maximum absolute atomic E-state index is 13.3. The van der Waals surface area contributed by atoms with Crippen LogP contribution in [-0.4, -0.2) is 80.9 Å². The molecule has 2 aliphatic rings. The van der Waals surface area contributed by atoms with Crippen LogP contribution in [0.3, 0.4) is 0 Å². The SMILES string of the molecule is CCC(C(=O)NC(CC(=O)O)C(=O)CN1CCCC2(C=CC=CC2)C1)n1ccnc(NCC(=N)C(C)=N)c1=O. The first kappa shape index (κ1) is 29.6. The highest BCUT2D eigenvalue weighted by atomic mass is 16.4. The van der Waals surface area contributed by atoms with Gasteiger partial charge in [0.2, 0.25) is 5.91 Å². The van der Waals surface area contributed by atoms with E-state index in [2.05, 4.69) is 27.8 Å². The largest absolute Gasteiger partial charge is 0.481 e. The van der Waals surface area contributed by atoms with Crippen molar-refractivity contribution in [1.29, 1.82) is 10.8 Å². The van der Waals surface area contributed by atoms with E-state index in [0.29, 0.717) is 13.1 Å². The first-order valence-corrected chi connectivity index (χ1v) is 13.1. The Morgan fingerprint density at radius 3 is 2.67 bits per heavy atom. The topological polar surface area (TPSA) is 181 Å². The molecule has 0 radical (unpaired) electrons. The van der Waals surface area contributed by atoms with E-state index in [4.69, 9.17) is 10.8 Å². The van der Waals surface area contributed by atoms with Crippen molar-refractivity contribution in [3.8, 4) is 0 Å². The minimum Gasteiger partial charge on any atom is -0.481 e. The van der Waals surface area contributed by atoms with Crippen molar-refractivity contribution < 1.29 is 19.5 Å². The number of nitrogens with one attached hydrogen (secondary N) is 4. The molecule has 1 aliphatic carbocycles. The number of carbonyl (C=O) groups is 3. The molecule has 0 bridgehead atoms. The van der Waals surface area contributed by atoms with E-state index in [1.54, 1.807) is 6.92 Å². The average molecular weight is 540 g/mol. The van der Waals surface area contributed by atoms with Crippen molar-refractivity contribution in [2.24, 2.45) is 5.41 Å². The molecule has 3 unspecified atom stereocenters. The van der Waals surface area contributed by atoms with Crippen LogP contribution < -0.4 is 16.2 Å². The van der Waals surface area contributed by atoms with Gasteiger partial charge in [0.1, 0.15) is 6.04 Å². The van der Waals surface area contributed by atoms with Crippen LogP contribution in [0.4, 0.5) is 5.82 Å². The smallest absolute Gasteiger partial charge is 0.305 e. The van der Waals surface area contributed by atoms with Crippen molar-refractivity contribution in [1.82, 2.24) is 19.8 Å². The number of Topliss-reactive ketones (excluding diaryl/α,β-unsaturated/α-hetero) is 1. The number of anilines is 1. The van der Waals surface area contributed by atoms with E-state index in [0.717, 1.165) is 19.3 Å². The van der Waals surface area contributed by atoms with Gasteiger partial charge in [-0.25, -0.2) is 4.98 Å². The molecule has 1 aromatic rings. The monoisotopic (exact) mass is 539 g/mol. The predicted octanol–water partition coefficient (Wildman–Crippen LogP) is 1.79. The lowest BCUT2D eigenvalue weighted by molar-refractivity contribution is -0.140. The number of likely N-dealkylation sites (tertiary alicyclic amines) is 1. The zero-order valence-electron chi connectivity index (χ0n) is 22.4. The number of rotatable bonds is 13. The second-order valence-electron chi connectivity index (χ2n) is 10.2. The van der Waals surface area contributed by atoms with E-state index in [1.807, 2.05) is 17.1 Å². The Bertz CT molecular complexity index is 1240. The van der Waals surface area contributed by atoms with Gasteiger partial charge in [0, 0.05) is 24.4 Å². The van der Waals surface area contributed by atoms with E-state index in [9.17, 15) is 24.3 Å². The lowest BCUT2D eigenvalue weighted by atomic mass is 9.75. The number of piperidine rings is 1. The molecule has 1 fully saturated rings. The van der Waals surface area contributed by atoms with Gasteiger partial charge in [-0.15, -0.1) is 0 Å². The number of nitrogens with zero attached hydrogens (tertiary/aromatic N) is 3. The van der Waals surface area contributed by atoms with Crippen molar-refractivity contribution in [3.63, 3.8) is 0 Å². The summed E-state index contributed by atoms with van der Waals surface area (Å²) in [6.45, 7) is 4.50. The highest BCUT2D eigenvalue weighted by molar-refractivity contribution is 6.40. The molecule has 39 heavy (non-hydrogen) atoms. The molecule has 1 amide bonds. The van der Waals surface area contributed by atoms with Crippen LogP contribution in [0.25, 0.3) is 0 Å². The number of aromatic nitrogens is 2. The summed E-state index contributed by atoms with van der Waals surface area (Å²) in [4.78, 5) is 57.1. The first-order valence-electron chi connectivity index (χ1n) is 13.1. The summed E-state index contributed by atoms with van der Waals surface area (Å²) in [5, 5.41) is 30.0. The summed E-state index contributed by atoms with van der Waals surface area (Å²) in [5.74, 6) is -2.33. The summed E-state index contributed by atoms with van der Waals surface area (Å²) in [5.41, 5.74) is -0.604. The third-order valence-electron chi connectivity index (χ3n) is 7.15. The van der Waals surface area contributed by atoms with Gasteiger partial charge >= 0.3 is 5.97 Å². The lowest BCUT2D eigenvalue weighted by Crippen LogP contribution is -2.51. The molecule has 1 aliphatic heterocycles. The standard InChI is InChI=1S/C27H37N7O5/c1-3-21(34-13-11-30-24(26(34)39)31-15-19(29)18(2)28)25(38)32-20(14-23(36)37)22(35)16-33-12-7-10-27(17-33)8-5-4-6-9-27/h4-6,8,11,13,20-21,28-29H,3,7,9-10,12,14-17H2,1-2H3,(H,30,31)(H,32,38)(H,36,37). The number of ketones is 1. The normalized spacial score (nSPS) is 20.3. The molecule has 210 valence electrons. The zero-order valence-corrected chi connectivity index (χ0v) is 22.4.